The Labute approximate surface area is 229 Å². The van der Waals surface area contributed by atoms with Crippen LogP contribution in [-0.2, 0) is 0 Å². The minimum absolute atomic E-state index is 0.174. The number of carbonyl (C=O) groups excluding carboxylic acids is 1. The number of nitrogens with one attached hydrogen (secondary N) is 1. The number of allylic oxidation sites excluding steroid dienone is 1. The Balaban J connectivity index is 1.88. The van der Waals surface area contributed by atoms with Crippen molar-refractivity contribution in [2.24, 2.45) is 0 Å². The van der Waals surface area contributed by atoms with E-state index in [1.807, 2.05) is 12.2 Å². The van der Waals surface area contributed by atoms with Gasteiger partial charge in [0.2, 0.25) is 5.75 Å². The fourth-order valence-electron chi connectivity index (χ4n) is 3.73. The molecule has 8 nitrogen and oxygen atoms in total. The van der Waals surface area contributed by atoms with E-state index in [0.717, 1.165) is 17.7 Å². The van der Waals surface area contributed by atoms with E-state index >= 15 is 0 Å². The predicted molar refractivity (Wildman–Crippen MR) is 145 cm³/mol. The first-order chi connectivity index (χ1) is 19.1. The van der Waals surface area contributed by atoms with Crippen LogP contribution in [-0.4, -0.2) is 47.7 Å². The number of carbonyl (C=O) groups is 1. The molecule has 3 rings (SSSR count). The van der Waals surface area contributed by atoms with Crippen LogP contribution in [0.4, 0.5) is 18.9 Å². The van der Waals surface area contributed by atoms with Crippen LogP contribution in [0.25, 0.3) is 12.2 Å². The summed E-state index contributed by atoms with van der Waals surface area (Å²) in [5.41, 5.74) is 2.13. The lowest BCUT2D eigenvalue weighted by Crippen LogP contribution is -2.17. The maximum Gasteiger partial charge on any atom is 0.573 e. The van der Waals surface area contributed by atoms with Crippen molar-refractivity contribution in [2.45, 2.75) is 6.36 Å². The van der Waals surface area contributed by atoms with Crippen LogP contribution >= 0.6 is 0 Å². The minimum atomic E-state index is -4.82. The Morgan fingerprint density at radius 3 is 1.88 bits per heavy atom. The Morgan fingerprint density at radius 2 is 1.35 bits per heavy atom. The lowest BCUT2D eigenvalue weighted by atomic mass is 10.1. The molecule has 0 heterocycles. The molecule has 0 saturated heterocycles. The topological polar surface area (TPSA) is 84.5 Å². The van der Waals surface area contributed by atoms with Gasteiger partial charge in [-0.05, 0) is 54.1 Å². The molecular weight excluding hydrogens is 531 g/mol. The van der Waals surface area contributed by atoms with Gasteiger partial charge in [-0.25, -0.2) is 0 Å². The highest BCUT2D eigenvalue weighted by Gasteiger charge is 2.31. The van der Waals surface area contributed by atoms with Crippen molar-refractivity contribution < 1.29 is 46.4 Å². The summed E-state index contributed by atoms with van der Waals surface area (Å²) in [5, 5.41) is 3.05. The molecule has 0 bridgehead atoms. The summed E-state index contributed by atoms with van der Waals surface area (Å²) in [4.78, 5) is 12.6. The van der Waals surface area contributed by atoms with Gasteiger partial charge in [0.1, 0.15) is 5.75 Å². The summed E-state index contributed by atoms with van der Waals surface area (Å²) in [5.74, 6) is 1.43. The van der Waals surface area contributed by atoms with Crippen molar-refractivity contribution in [3.8, 4) is 34.5 Å². The number of benzene rings is 3. The quantitative estimate of drug-likeness (QED) is 0.151. The lowest BCUT2D eigenvalue weighted by molar-refractivity contribution is -0.274. The zero-order chi connectivity index (χ0) is 29.3. The Morgan fingerprint density at radius 1 is 0.750 bits per heavy atom. The SMILES string of the molecule is COc1cc(C=Cc2ccc(OC)c(OC)c2NC=CC(=O)c2ccc(OC(F)(F)F)cc2)cc(OC)c1OC. The number of alkyl halides is 3. The fraction of sp³-hybridized carbons (Fsp3) is 0.207. The highest BCUT2D eigenvalue weighted by atomic mass is 19.4. The molecule has 3 aromatic carbocycles. The largest absolute Gasteiger partial charge is 0.573 e. The van der Waals surface area contributed by atoms with E-state index in [1.165, 1.54) is 60.0 Å². The van der Waals surface area contributed by atoms with Gasteiger partial charge in [0.25, 0.3) is 0 Å². The van der Waals surface area contributed by atoms with E-state index < -0.39 is 17.9 Å². The normalized spacial score (nSPS) is 11.4. The number of hydrogen-bond donors (Lipinski definition) is 1. The number of halogens is 3. The molecule has 1 N–H and O–H groups in total. The zero-order valence-electron chi connectivity index (χ0n) is 22.4. The van der Waals surface area contributed by atoms with Crippen LogP contribution in [0, 0.1) is 0 Å². The van der Waals surface area contributed by atoms with Gasteiger partial charge >= 0.3 is 6.36 Å². The van der Waals surface area contributed by atoms with Gasteiger partial charge in [0.05, 0.1) is 41.2 Å². The van der Waals surface area contributed by atoms with E-state index in [-0.39, 0.29) is 5.56 Å². The van der Waals surface area contributed by atoms with Crippen LogP contribution in [0.5, 0.6) is 34.5 Å². The molecule has 0 spiro atoms. The van der Waals surface area contributed by atoms with Gasteiger partial charge < -0.3 is 33.7 Å². The summed E-state index contributed by atoms with van der Waals surface area (Å²) in [7, 11) is 7.56. The standard InChI is InChI=1S/C29H28F3NO7/c1-35-23-13-10-20(7-6-18-16-24(36-2)27(38-4)25(17-18)37-3)26(28(23)39-5)33-15-14-22(34)19-8-11-21(12-9-19)40-29(30,31)32/h6-17,33H,1-5H3. The average Bonchev–Trinajstić information content (AvgIpc) is 2.94. The third-order valence-corrected chi connectivity index (χ3v) is 5.56. The summed E-state index contributed by atoms with van der Waals surface area (Å²) >= 11 is 0. The van der Waals surface area contributed by atoms with E-state index in [2.05, 4.69) is 10.1 Å². The molecule has 0 radical (unpaired) electrons. The number of rotatable bonds is 12. The van der Waals surface area contributed by atoms with Crippen LogP contribution in [0.2, 0.25) is 0 Å². The second-order valence-corrected chi connectivity index (χ2v) is 7.97. The predicted octanol–water partition coefficient (Wildman–Crippen LogP) is 6.61. The van der Waals surface area contributed by atoms with Crippen molar-refractivity contribution >= 4 is 23.6 Å². The molecule has 0 atom stereocenters. The Kier molecular flexibility index (Phi) is 9.91. The molecule has 0 aliphatic heterocycles. The molecule has 40 heavy (non-hydrogen) atoms. The van der Waals surface area contributed by atoms with Crippen molar-refractivity contribution in [3.63, 3.8) is 0 Å². The van der Waals surface area contributed by atoms with Gasteiger partial charge in [-0.3, -0.25) is 4.79 Å². The number of anilines is 1. The van der Waals surface area contributed by atoms with E-state index in [0.29, 0.717) is 40.0 Å². The summed E-state index contributed by atoms with van der Waals surface area (Å²) in [6.45, 7) is 0. The molecule has 212 valence electrons. The number of hydrogen-bond acceptors (Lipinski definition) is 8. The van der Waals surface area contributed by atoms with Crippen molar-refractivity contribution in [3.05, 3.63) is 77.5 Å². The smallest absolute Gasteiger partial charge is 0.493 e. The second-order valence-electron chi connectivity index (χ2n) is 7.97. The lowest BCUT2D eigenvalue weighted by Gasteiger charge is -2.15. The van der Waals surface area contributed by atoms with E-state index in [1.54, 1.807) is 24.3 Å². The van der Waals surface area contributed by atoms with Gasteiger partial charge in [0, 0.05) is 23.4 Å². The van der Waals surface area contributed by atoms with E-state index in [4.69, 9.17) is 23.7 Å². The number of ketones is 1. The molecule has 0 saturated carbocycles. The molecule has 0 amide bonds. The highest BCUT2D eigenvalue weighted by molar-refractivity contribution is 6.04. The maximum absolute atomic E-state index is 12.6. The number of ether oxygens (including phenoxy) is 6. The second kappa shape index (κ2) is 13.3. The summed E-state index contributed by atoms with van der Waals surface area (Å²) in [6, 6.07) is 11.7. The first-order valence-electron chi connectivity index (χ1n) is 11.7. The molecule has 3 aromatic rings. The zero-order valence-corrected chi connectivity index (χ0v) is 22.4. The highest BCUT2D eigenvalue weighted by Crippen LogP contribution is 2.41. The summed E-state index contributed by atoms with van der Waals surface area (Å²) < 4.78 is 68.1. The van der Waals surface area contributed by atoms with Crippen LogP contribution < -0.4 is 33.7 Å². The van der Waals surface area contributed by atoms with Crippen molar-refractivity contribution in [2.75, 3.05) is 40.9 Å². The molecular formula is C29H28F3NO7. The Hall–Kier alpha value is -4.80. The molecule has 0 unspecified atom stereocenters. The molecule has 0 aromatic heterocycles. The summed E-state index contributed by atoms with van der Waals surface area (Å²) in [6.07, 6.45) is 1.47. The minimum Gasteiger partial charge on any atom is -0.493 e. The van der Waals surface area contributed by atoms with Crippen molar-refractivity contribution in [1.82, 2.24) is 0 Å². The van der Waals surface area contributed by atoms with E-state index in [9.17, 15) is 18.0 Å². The fourth-order valence-corrected chi connectivity index (χ4v) is 3.73. The molecule has 11 heteroatoms. The van der Waals surface area contributed by atoms with Crippen LogP contribution in [0.1, 0.15) is 21.5 Å². The maximum atomic E-state index is 12.6. The van der Waals surface area contributed by atoms with Gasteiger partial charge in [0.15, 0.2) is 28.8 Å². The van der Waals surface area contributed by atoms with Gasteiger partial charge in [-0.15, -0.1) is 13.2 Å². The number of methoxy groups -OCH3 is 5. The third-order valence-electron chi connectivity index (χ3n) is 5.56. The molecule has 0 fully saturated rings. The monoisotopic (exact) mass is 559 g/mol. The van der Waals surface area contributed by atoms with Gasteiger partial charge in [-0.1, -0.05) is 12.2 Å². The molecule has 0 aliphatic carbocycles. The third kappa shape index (κ3) is 7.40. The van der Waals surface area contributed by atoms with Gasteiger partial charge in [-0.2, -0.15) is 0 Å². The van der Waals surface area contributed by atoms with Crippen molar-refractivity contribution in [1.29, 1.82) is 0 Å². The Bertz CT molecular complexity index is 1360. The first-order valence-corrected chi connectivity index (χ1v) is 11.7. The first kappa shape index (κ1) is 29.8. The average molecular weight is 560 g/mol. The molecule has 0 aliphatic rings. The van der Waals surface area contributed by atoms with Crippen LogP contribution in [0.3, 0.4) is 0 Å². The van der Waals surface area contributed by atoms with Crippen LogP contribution in [0.15, 0.2) is 60.8 Å².